The molecule has 1 aliphatic heterocycles. The van der Waals surface area contributed by atoms with E-state index >= 15 is 0 Å². The quantitative estimate of drug-likeness (QED) is 0.528. The second-order valence-corrected chi connectivity index (χ2v) is 8.36. The van der Waals surface area contributed by atoms with Crippen LogP contribution in [0.1, 0.15) is 17.7 Å². The number of benzene rings is 1. The lowest BCUT2D eigenvalue weighted by molar-refractivity contribution is -0.384. The van der Waals surface area contributed by atoms with Crippen molar-refractivity contribution in [2.45, 2.75) is 25.4 Å². The highest BCUT2D eigenvalue weighted by molar-refractivity contribution is 7.09. The van der Waals surface area contributed by atoms with Crippen molar-refractivity contribution in [1.82, 2.24) is 9.80 Å². The Bertz CT molecular complexity index is 830. The highest BCUT2D eigenvalue weighted by Crippen LogP contribution is 2.30. The summed E-state index contributed by atoms with van der Waals surface area (Å²) in [7, 11) is 0. The van der Waals surface area contributed by atoms with Gasteiger partial charge in [0.25, 0.3) is 5.69 Å². The van der Waals surface area contributed by atoms with E-state index in [4.69, 9.17) is 0 Å². The molecule has 148 valence electrons. The normalized spacial score (nSPS) is 17.2. The maximum atomic E-state index is 12.8. The van der Waals surface area contributed by atoms with Gasteiger partial charge in [-0.2, -0.15) is 0 Å². The van der Waals surface area contributed by atoms with Crippen molar-refractivity contribution in [1.29, 1.82) is 0 Å². The van der Waals surface area contributed by atoms with Crippen molar-refractivity contribution in [3.8, 4) is 0 Å². The van der Waals surface area contributed by atoms with Gasteiger partial charge in [0.15, 0.2) is 0 Å². The summed E-state index contributed by atoms with van der Waals surface area (Å²) in [6, 6.07) is 11.5. The fraction of sp³-hybridized carbons (Fsp3) is 0.450. The molecule has 28 heavy (non-hydrogen) atoms. The molecule has 1 aliphatic carbocycles. The van der Waals surface area contributed by atoms with E-state index in [0.29, 0.717) is 44.5 Å². The smallest absolute Gasteiger partial charge is 0.292 e. The summed E-state index contributed by atoms with van der Waals surface area (Å²) in [5, 5.41) is 13.3. The lowest BCUT2D eigenvalue weighted by atomic mass is 10.2. The maximum absolute atomic E-state index is 12.8. The molecule has 0 bridgehead atoms. The lowest BCUT2D eigenvalue weighted by Crippen LogP contribution is -2.51. The molecule has 2 aliphatic rings. The van der Waals surface area contributed by atoms with Crippen molar-refractivity contribution in [2.24, 2.45) is 0 Å². The minimum absolute atomic E-state index is 0.123. The first-order valence-corrected chi connectivity index (χ1v) is 10.5. The van der Waals surface area contributed by atoms with Gasteiger partial charge in [0.1, 0.15) is 5.69 Å². The van der Waals surface area contributed by atoms with Crippen LogP contribution in [0.5, 0.6) is 0 Å². The lowest BCUT2D eigenvalue weighted by Gasteiger charge is -2.36. The van der Waals surface area contributed by atoms with Gasteiger partial charge in [0, 0.05) is 49.7 Å². The molecule has 2 fully saturated rings. The topological polar surface area (TPSA) is 69.9 Å². The number of thiophene rings is 1. The number of nitro groups is 1. The largest absolute Gasteiger partial charge is 0.362 e. The first-order valence-electron chi connectivity index (χ1n) is 9.64. The Labute approximate surface area is 168 Å². The predicted molar refractivity (Wildman–Crippen MR) is 110 cm³/mol. The minimum atomic E-state index is -0.342. The van der Waals surface area contributed by atoms with E-state index in [1.165, 1.54) is 23.8 Å². The summed E-state index contributed by atoms with van der Waals surface area (Å²) in [5.41, 5.74) is 0.759. The third-order valence-electron chi connectivity index (χ3n) is 5.39. The van der Waals surface area contributed by atoms with Crippen LogP contribution in [0.3, 0.4) is 0 Å². The average molecular weight is 401 g/mol. The van der Waals surface area contributed by atoms with Gasteiger partial charge in [-0.1, -0.05) is 18.2 Å². The number of hydrogen-bond donors (Lipinski definition) is 0. The number of rotatable bonds is 7. The molecule has 1 amide bonds. The van der Waals surface area contributed by atoms with E-state index in [-0.39, 0.29) is 16.5 Å². The summed E-state index contributed by atoms with van der Waals surface area (Å²) in [4.78, 5) is 31.3. The van der Waals surface area contributed by atoms with Crippen molar-refractivity contribution in [3.05, 3.63) is 56.8 Å². The zero-order chi connectivity index (χ0) is 19.5. The zero-order valence-corrected chi connectivity index (χ0v) is 16.5. The predicted octanol–water partition coefficient (Wildman–Crippen LogP) is 2.97. The van der Waals surface area contributed by atoms with E-state index in [1.807, 2.05) is 15.9 Å². The molecule has 4 rings (SSSR count). The van der Waals surface area contributed by atoms with Crippen LogP contribution in [-0.2, 0) is 11.3 Å². The standard InChI is InChI=1S/C20H24N4O3S/c25-20(15-23(16-7-8-16)14-17-4-3-13-28-17)22-11-9-21(10-12-22)18-5-1-2-6-19(18)24(26)27/h1-6,13,16H,7-12,14-15H2. The monoisotopic (exact) mass is 400 g/mol. The Hall–Kier alpha value is -2.45. The molecule has 2 heterocycles. The molecular formula is C20H24N4O3S. The molecule has 1 saturated carbocycles. The number of piperazine rings is 1. The molecule has 1 saturated heterocycles. The number of amides is 1. The molecule has 1 aromatic carbocycles. The molecular weight excluding hydrogens is 376 g/mol. The van der Waals surface area contributed by atoms with Gasteiger partial charge in [0.2, 0.25) is 5.91 Å². The Morgan fingerprint density at radius 1 is 1.14 bits per heavy atom. The fourth-order valence-electron chi connectivity index (χ4n) is 3.71. The van der Waals surface area contributed by atoms with E-state index in [1.54, 1.807) is 23.5 Å². The van der Waals surface area contributed by atoms with Crippen molar-refractivity contribution >= 4 is 28.6 Å². The second kappa shape index (κ2) is 8.28. The fourth-order valence-corrected chi connectivity index (χ4v) is 4.44. The van der Waals surface area contributed by atoms with Crippen molar-refractivity contribution in [2.75, 3.05) is 37.6 Å². The van der Waals surface area contributed by atoms with Crippen LogP contribution in [0.25, 0.3) is 0 Å². The molecule has 7 nitrogen and oxygen atoms in total. The van der Waals surface area contributed by atoms with Crippen LogP contribution >= 0.6 is 11.3 Å². The summed E-state index contributed by atoms with van der Waals surface area (Å²) in [6.45, 7) is 3.72. The van der Waals surface area contributed by atoms with Crippen molar-refractivity contribution in [3.63, 3.8) is 0 Å². The molecule has 0 N–H and O–H groups in total. The first-order chi connectivity index (χ1) is 13.6. The number of hydrogen-bond acceptors (Lipinski definition) is 6. The summed E-state index contributed by atoms with van der Waals surface area (Å²) in [5.74, 6) is 0.158. The van der Waals surface area contributed by atoms with E-state index < -0.39 is 0 Å². The Balaban J connectivity index is 1.34. The molecule has 0 unspecified atom stereocenters. The summed E-state index contributed by atoms with van der Waals surface area (Å²) in [6.07, 6.45) is 2.34. The second-order valence-electron chi connectivity index (χ2n) is 7.33. The van der Waals surface area contributed by atoms with E-state index in [2.05, 4.69) is 22.4 Å². The molecule has 0 spiro atoms. The van der Waals surface area contributed by atoms with Crippen LogP contribution in [-0.4, -0.2) is 59.4 Å². The van der Waals surface area contributed by atoms with E-state index in [0.717, 1.165) is 6.54 Å². The molecule has 0 radical (unpaired) electrons. The van der Waals surface area contributed by atoms with Crippen LogP contribution in [0.15, 0.2) is 41.8 Å². The molecule has 1 aromatic heterocycles. The number of nitro benzene ring substituents is 1. The SMILES string of the molecule is O=C(CN(Cc1cccs1)C1CC1)N1CCN(c2ccccc2[N+](=O)[O-])CC1. The number of para-hydroxylation sites is 2. The van der Waals surface area contributed by atoms with Gasteiger partial charge in [-0.25, -0.2) is 0 Å². The molecule has 2 aromatic rings. The number of anilines is 1. The highest BCUT2D eigenvalue weighted by Gasteiger charge is 2.32. The van der Waals surface area contributed by atoms with Crippen LogP contribution in [0, 0.1) is 10.1 Å². The van der Waals surface area contributed by atoms with Gasteiger partial charge < -0.3 is 9.80 Å². The van der Waals surface area contributed by atoms with E-state index in [9.17, 15) is 14.9 Å². The minimum Gasteiger partial charge on any atom is -0.362 e. The van der Waals surface area contributed by atoms with Gasteiger partial charge in [-0.05, 0) is 30.4 Å². The van der Waals surface area contributed by atoms with Crippen LogP contribution < -0.4 is 4.90 Å². The molecule has 8 heteroatoms. The van der Waals surface area contributed by atoms with Crippen LogP contribution in [0.2, 0.25) is 0 Å². The van der Waals surface area contributed by atoms with Gasteiger partial charge in [-0.15, -0.1) is 11.3 Å². The van der Waals surface area contributed by atoms with Gasteiger partial charge >= 0.3 is 0 Å². The van der Waals surface area contributed by atoms with Crippen LogP contribution in [0.4, 0.5) is 11.4 Å². The molecule has 0 atom stereocenters. The summed E-state index contributed by atoms with van der Waals surface area (Å²) >= 11 is 1.73. The van der Waals surface area contributed by atoms with Crippen molar-refractivity contribution < 1.29 is 9.72 Å². The van der Waals surface area contributed by atoms with Gasteiger partial charge in [-0.3, -0.25) is 19.8 Å². The third kappa shape index (κ3) is 4.34. The number of nitrogens with zero attached hydrogens (tertiary/aromatic N) is 4. The number of carbonyl (C=O) groups excluding carboxylic acids is 1. The Morgan fingerprint density at radius 2 is 1.89 bits per heavy atom. The summed E-state index contributed by atoms with van der Waals surface area (Å²) < 4.78 is 0. The third-order valence-corrected chi connectivity index (χ3v) is 6.25. The number of carbonyl (C=O) groups is 1. The average Bonchev–Trinajstić information content (AvgIpc) is 3.44. The Kier molecular flexibility index (Phi) is 5.59. The maximum Gasteiger partial charge on any atom is 0.292 e. The highest BCUT2D eigenvalue weighted by atomic mass is 32.1. The van der Waals surface area contributed by atoms with Gasteiger partial charge in [0.05, 0.1) is 11.5 Å². The first kappa shape index (κ1) is 18.9. The Morgan fingerprint density at radius 3 is 2.54 bits per heavy atom. The zero-order valence-electron chi connectivity index (χ0n) is 15.7.